The van der Waals surface area contributed by atoms with Crippen LogP contribution in [0.5, 0.6) is 0 Å². The van der Waals surface area contributed by atoms with Gasteiger partial charge in [-0.3, -0.25) is 4.79 Å². The van der Waals surface area contributed by atoms with Crippen molar-refractivity contribution in [2.45, 2.75) is 38.9 Å². The van der Waals surface area contributed by atoms with Gasteiger partial charge < -0.3 is 4.74 Å². The van der Waals surface area contributed by atoms with Gasteiger partial charge in [0.15, 0.2) is 0 Å². The Morgan fingerprint density at radius 3 is 2.09 bits per heavy atom. The fraction of sp³-hybridized carbons (Fsp3) is 0.889. The second-order valence-corrected chi connectivity index (χ2v) is 3.77. The Labute approximate surface area is 66.9 Å². The summed E-state index contributed by atoms with van der Waals surface area (Å²) >= 11 is 0. The van der Waals surface area contributed by atoms with Gasteiger partial charge in [-0.05, 0) is 12.8 Å². The molecule has 0 saturated carbocycles. The fourth-order valence-electron chi connectivity index (χ4n) is 2.21. The standard InChI is InChI=1S/C9H14O2/c1-5-7-3-4-8(11-7)6(2)9(5)10/h5-8H,3-4H2,1-2H3. The maximum Gasteiger partial charge on any atom is 0.143 e. The first-order valence-corrected chi connectivity index (χ1v) is 4.39. The summed E-state index contributed by atoms with van der Waals surface area (Å²) in [6.45, 7) is 3.98. The third-order valence-corrected chi connectivity index (χ3v) is 3.10. The number of ketones is 1. The number of carbonyl (C=O) groups is 1. The normalized spacial score (nSPS) is 49.8. The van der Waals surface area contributed by atoms with Crippen molar-refractivity contribution in [3.8, 4) is 0 Å². The van der Waals surface area contributed by atoms with E-state index in [0.29, 0.717) is 5.78 Å². The molecule has 2 heterocycles. The highest BCUT2D eigenvalue weighted by Gasteiger charge is 2.44. The third-order valence-electron chi connectivity index (χ3n) is 3.10. The highest BCUT2D eigenvalue weighted by atomic mass is 16.5. The van der Waals surface area contributed by atoms with Crippen LogP contribution in [0.2, 0.25) is 0 Å². The molecule has 11 heavy (non-hydrogen) atoms. The van der Waals surface area contributed by atoms with Crippen molar-refractivity contribution < 1.29 is 9.53 Å². The summed E-state index contributed by atoms with van der Waals surface area (Å²) in [6.07, 6.45) is 2.65. The third kappa shape index (κ3) is 0.924. The number of rotatable bonds is 0. The Morgan fingerprint density at radius 2 is 1.64 bits per heavy atom. The Kier molecular flexibility index (Phi) is 1.53. The molecule has 2 aliphatic heterocycles. The number of ether oxygens (including phenoxy) is 1. The van der Waals surface area contributed by atoms with Crippen LogP contribution in [0.1, 0.15) is 26.7 Å². The van der Waals surface area contributed by atoms with E-state index in [4.69, 9.17) is 4.74 Å². The first-order chi connectivity index (χ1) is 5.20. The van der Waals surface area contributed by atoms with Gasteiger partial charge in [0.25, 0.3) is 0 Å². The molecule has 0 radical (unpaired) electrons. The molecule has 2 rings (SSSR count). The van der Waals surface area contributed by atoms with Crippen LogP contribution in [0, 0.1) is 11.8 Å². The Bertz CT molecular complexity index is 170. The van der Waals surface area contributed by atoms with Crippen molar-refractivity contribution in [1.82, 2.24) is 0 Å². The SMILES string of the molecule is CC1C(=O)C(C)C2CCC1O2. The average Bonchev–Trinajstić information content (AvgIpc) is 2.44. The van der Waals surface area contributed by atoms with Crippen molar-refractivity contribution in [3.05, 3.63) is 0 Å². The molecule has 0 aromatic heterocycles. The molecule has 0 amide bonds. The number of fused-ring (bicyclic) bond motifs is 2. The molecule has 4 atom stereocenters. The van der Waals surface area contributed by atoms with Crippen LogP contribution in [0.15, 0.2) is 0 Å². The summed E-state index contributed by atoms with van der Waals surface area (Å²) in [5.74, 6) is 0.691. The molecule has 2 bridgehead atoms. The molecule has 0 aliphatic carbocycles. The zero-order valence-corrected chi connectivity index (χ0v) is 7.04. The van der Waals surface area contributed by atoms with Gasteiger partial charge in [-0.1, -0.05) is 13.8 Å². The first kappa shape index (κ1) is 7.29. The summed E-state index contributed by atoms with van der Waals surface area (Å²) in [5, 5.41) is 0. The predicted octanol–water partition coefficient (Wildman–Crippen LogP) is 1.39. The van der Waals surface area contributed by atoms with E-state index in [0.717, 1.165) is 12.8 Å². The Balaban J connectivity index is 2.23. The monoisotopic (exact) mass is 154 g/mol. The molecular weight excluding hydrogens is 140 g/mol. The van der Waals surface area contributed by atoms with Gasteiger partial charge in [-0.15, -0.1) is 0 Å². The second kappa shape index (κ2) is 2.31. The maximum atomic E-state index is 11.5. The van der Waals surface area contributed by atoms with Crippen LogP contribution < -0.4 is 0 Å². The van der Waals surface area contributed by atoms with Crippen molar-refractivity contribution >= 4 is 5.78 Å². The van der Waals surface area contributed by atoms with E-state index < -0.39 is 0 Å². The summed E-state index contributed by atoms with van der Waals surface area (Å²) in [6, 6.07) is 0. The molecule has 0 N–H and O–H groups in total. The summed E-state index contributed by atoms with van der Waals surface area (Å²) in [4.78, 5) is 11.5. The van der Waals surface area contributed by atoms with Gasteiger partial charge in [-0.2, -0.15) is 0 Å². The molecule has 2 saturated heterocycles. The molecule has 2 fully saturated rings. The van der Waals surface area contributed by atoms with Crippen LogP contribution in [0.25, 0.3) is 0 Å². The van der Waals surface area contributed by atoms with Gasteiger partial charge in [-0.25, -0.2) is 0 Å². The van der Waals surface area contributed by atoms with E-state index in [-0.39, 0.29) is 24.0 Å². The minimum Gasteiger partial charge on any atom is -0.374 e. The molecule has 0 aromatic rings. The lowest BCUT2D eigenvalue weighted by atomic mass is 9.89. The molecule has 62 valence electrons. The summed E-state index contributed by atoms with van der Waals surface area (Å²) < 4.78 is 5.67. The largest absolute Gasteiger partial charge is 0.374 e. The molecular formula is C9H14O2. The van der Waals surface area contributed by atoms with Crippen molar-refractivity contribution in [1.29, 1.82) is 0 Å². The van der Waals surface area contributed by atoms with E-state index in [1.54, 1.807) is 0 Å². The quantitative estimate of drug-likeness (QED) is 0.527. The fourth-order valence-corrected chi connectivity index (χ4v) is 2.21. The lowest BCUT2D eigenvalue weighted by Crippen LogP contribution is -2.40. The van der Waals surface area contributed by atoms with Gasteiger partial charge in [0, 0.05) is 11.8 Å². The highest BCUT2D eigenvalue weighted by Crippen LogP contribution is 2.37. The van der Waals surface area contributed by atoms with Gasteiger partial charge in [0.1, 0.15) is 5.78 Å². The van der Waals surface area contributed by atoms with Gasteiger partial charge in [0.2, 0.25) is 0 Å². The molecule has 0 aromatic carbocycles. The molecule has 2 heteroatoms. The van der Waals surface area contributed by atoms with Crippen molar-refractivity contribution in [2.75, 3.05) is 0 Å². The van der Waals surface area contributed by atoms with Crippen LogP contribution in [-0.4, -0.2) is 18.0 Å². The smallest absolute Gasteiger partial charge is 0.143 e. The van der Waals surface area contributed by atoms with Crippen LogP contribution in [0.3, 0.4) is 0 Å². The van der Waals surface area contributed by atoms with E-state index >= 15 is 0 Å². The lowest BCUT2D eigenvalue weighted by Gasteiger charge is -2.30. The predicted molar refractivity (Wildman–Crippen MR) is 41.2 cm³/mol. The lowest BCUT2D eigenvalue weighted by molar-refractivity contribution is -0.144. The number of carbonyl (C=O) groups excluding carboxylic acids is 1. The maximum absolute atomic E-state index is 11.5. The zero-order valence-electron chi connectivity index (χ0n) is 7.04. The number of hydrogen-bond donors (Lipinski definition) is 0. The van der Waals surface area contributed by atoms with Crippen LogP contribution in [-0.2, 0) is 9.53 Å². The molecule has 2 aliphatic rings. The minimum atomic E-state index is 0.142. The van der Waals surface area contributed by atoms with Gasteiger partial charge >= 0.3 is 0 Å². The van der Waals surface area contributed by atoms with E-state index in [1.807, 2.05) is 13.8 Å². The van der Waals surface area contributed by atoms with E-state index in [1.165, 1.54) is 0 Å². The van der Waals surface area contributed by atoms with Crippen LogP contribution >= 0.6 is 0 Å². The Morgan fingerprint density at radius 1 is 1.18 bits per heavy atom. The van der Waals surface area contributed by atoms with Crippen molar-refractivity contribution in [3.63, 3.8) is 0 Å². The number of Topliss-reactive ketones (excluding diaryl/α,β-unsaturated/α-hetero) is 1. The molecule has 0 spiro atoms. The van der Waals surface area contributed by atoms with Crippen molar-refractivity contribution in [2.24, 2.45) is 11.8 Å². The summed E-state index contributed by atoms with van der Waals surface area (Å²) in [5.41, 5.74) is 0. The van der Waals surface area contributed by atoms with E-state index in [9.17, 15) is 4.79 Å². The summed E-state index contributed by atoms with van der Waals surface area (Å²) in [7, 11) is 0. The first-order valence-electron chi connectivity index (χ1n) is 4.39. The topological polar surface area (TPSA) is 26.3 Å². The average molecular weight is 154 g/mol. The van der Waals surface area contributed by atoms with Crippen LogP contribution in [0.4, 0.5) is 0 Å². The van der Waals surface area contributed by atoms with Gasteiger partial charge in [0.05, 0.1) is 12.2 Å². The zero-order chi connectivity index (χ0) is 8.01. The number of hydrogen-bond acceptors (Lipinski definition) is 2. The second-order valence-electron chi connectivity index (χ2n) is 3.77. The minimum absolute atomic E-state index is 0.142. The Hall–Kier alpha value is -0.370. The molecule has 2 nitrogen and oxygen atoms in total. The van der Waals surface area contributed by atoms with E-state index in [2.05, 4.69) is 0 Å². The molecule has 4 unspecified atom stereocenters. The highest BCUT2D eigenvalue weighted by molar-refractivity contribution is 5.84.